The van der Waals surface area contributed by atoms with Crippen molar-refractivity contribution in [3.05, 3.63) is 35.7 Å². The highest BCUT2D eigenvalue weighted by atomic mass is 127. The number of piperazine rings is 1. The van der Waals surface area contributed by atoms with E-state index in [-0.39, 0.29) is 30.5 Å². The molecular formula is C14H20IN5O2S. The average molecular weight is 449 g/mol. The summed E-state index contributed by atoms with van der Waals surface area (Å²) < 4.78 is 5.14. The fourth-order valence-electron chi connectivity index (χ4n) is 2.35. The molecule has 2 aromatic rings. The summed E-state index contributed by atoms with van der Waals surface area (Å²) in [6, 6.07) is 3.46. The van der Waals surface area contributed by atoms with E-state index in [2.05, 4.69) is 14.9 Å². The molecule has 0 saturated carbocycles. The van der Waals surface area contributed by atoms with Crippen molar-refractivity contribution in [3.63, 3.8) is 0 Å². The Labute approximate surface area is 155 Å². The summed E-state index contributed by atoms with van der Waals surface area (Å²) in [7, 11) is 0. The van der Waals surface area contributed by atoms with Gasteiger partial charge in [-0.25, -0.2) is 4.98 Å². The van der Waals surface area contributed by atoms with Gasteiger partial charge >= 0.3 is 0 Å². The normalized spacial score (nSPS) is 17.0. The molecule has 0 bridgehead atoms. The number of aliphatic hydroxyl groups is 1. The predicted molar refractivity (Wildman–Crippen MR) is 101 cm³/mol. The van der Waals surface area contributed by atoms with Gasteiger partial charge in [-0.15, -0.1) is 35.3 Å². The summed E-state index contributed by atoms with van der Waals surface area (Å²) in [6.45, 7) is 3.53. The Morgan fingerprint density at radius 3 is 2.83 bits per heavy atom. The summed E-state index contributed by atoms with van der Waals surface area (Å²) >= 11 is 1.64. The molecule has 0 aromatic carbocycles. The van der Waals surface area contributed by atoms with Crippen LogP contribution in [0.25, 0.3) is 0 Å². The van der Waals surface area contributed by atoms with Gasteiger partial charge in [0, 0.05) is 37.8 Å². The van der Waals surface area contributed by atoms with Gasteiger partial charge in [0.05, 0.1) is 12.8 Å². The van der Waals surface area contributed by atoms with Crippen LogP contribution in [-0.2, 0) is 0 Å². The first-order valence-corrected chi connectivity index (χ1v) is 8.03. The molecule has 1 aliphatic heterocycles. The van der Waals surface area contributed by atoms with Crippen LogP contribution in [0, 0.1) is 0 Å². The number of nitrogens with zero attached hydrogens (tertiary/aromatic N) is 4. The summed E-state index contributed by atoms with van der Waals surface area (Å²) in [6.07, 6.45) is 2.59. The molecule has 3 N–H and O–H groups in total. The van der Waals surface area contributed by atoms with Crippen molar-refractivity contribution >= 4 is 46.4 Å². The number of hydrogen-bond acceptors (Lipinski definition) is 6. The first-order chi connectivity index (χ1) is 10.7. The fourth-order valence-corrected chi connectivity index (χ4v) is 3.05. The van der Waals surface area contributed by atoms with Gasteiger partial charge in [0.1, 0.15) is 11.9 Å². The summed E-state index contributed by atoms with van der Waals surface area (Å²) in [5.74, 6) is 0.967. The summed E-state index contributed by atoms with van der Waals surface area (Å²) in [5.41, 5.74) is 6.02. The Kier molecular flexibility index (Phi) is 6.66. The van der Waals surface area contributed by atoms with Crippen molar-refractivity contribution in [1.29, 1.82) is 0 Å². The van der Waals surface area contributed by atoms with Gasteiger partial charge in [0.15, 0.2) is 11.1 Å². The van der Waals surface area contributed by atoms with E-state index in [4.69, 9.17) is 10.2 Å². The maximum absolute atomic E-state index is 9.93. The molecule has 7 nitrogen and oxygen atoms in total. The van der Waals surface area contributed by atoms with Crippen molar-refractivity contribution in [2.45, 2.75) is 6.10 Å². The van der Waals surface area contributed by atoms with E-state index in [1.807, 2.05) is 16.5 Å². The Morgan fingerprint density at radius 2 is 2.22 bits per heavy atom. The molecule has 0 spiro atoms. The van der Waals surface area contributed by atoms with E-state index in [1.54, 1.807) is 23.5 Å². The number of aliphatic hydroxyl groups excluding tert-OH is 1. The van der Waals surface area contributed by atoms with Crippen molar-refractivity contribution < 1.29 is 9.52 Å². The molecule has 0 radical (unpaired) electrons. The number of furan rings is 1. The Morgan fingerprint density at radius 1 is 1.43 bits per heavy atom. The highest BCUT2D eigenvalue weighted by Gasteiger charge is 2.20. The van der Waals surface area contributed by atoms with Crippen LogP contribution in [0.2, 0.25) is 0 Å². The van der Waals surface area contributed by atoms with E-state index >= 15 is 0 Å². The number of nitrogens with two attached hydrogens (primary N) is 1. The molecule has 1 fully saturated rings. The molecular weight excluding hydrogens is 429 g/mol. The molecule has 1 atom stereocenters. The maximum Gasteiger partial charge on any atom is 0.191 e. The molecule has 1 aliphatic rings. The molecule has 2 aromatic heterocycles. The second kappa shape index (κ2) is 8.50. The van der Waals surface area contributed by atoms with Crippen molar-refractivity contribution in [1.82, 2.24) is 9.88 Å². The van der Waals surface area contributed by atoms with Crippen LogP contribution < -0.4 is 10.6 Å². The Hall–Kier alpha value is -1.33. The third-order valence-corrected chi connectivity index (χ3v) is 4.42. The van der Waals surface area contributed by atoms with Crippen LogP contribution in [-0.4, -0.2) is 53.7 Å². The van der Waals surface area contributed by atoms with Gasteiger partial charge in [-0.3, -0.25) is 4.99 Å². The lowest BCUT2D eigenvalue weighted by molar-refractivity contribution is 0.158. The number of guanidine groups is 1. The van der Waals surface area contributed by atoms with Crippen LogP contribution in [0.15, 0.2) is 39.4 Å². The van der Waals surface area contributed by atoms with Crippen LogP contribution >= 0.6 is 35.3 Å². The zero-order valence-corrected chi connectivity index (χ0v) is 15.7. The number of anilines is 1. The highest BCUT2D eigenvalue weighted by molar-refractivity contribution is 14.0. The second-order valence-corrected chi connectivity index (χ2v) is 5.89. The molecule has 3 rings (SSSR count). The van der Waals surface area contributed by atoms with E-state index < -0.39 is 6.10 Å². The van der Waals surface area contributed by atoms with E-state index in [1.165, 1.54) is 6.26 Å². The third-order valence-electron chi connectivity index (χ3n) is 3.59. The zero-order chi connectivity index (χ0) is 15.4. The minimum Gasteiger partial charge on any atom is -0.467 e. The summed E-state index contributed by atoms with van der Waals surface area (Å²) in [4.78, 5) is 12.9. The smallest absolute Gasteiger partial charge is 0.191 e. The molecule has 3 heterocycles. The molecule has 126 valence electrons. The fraction of sp³-hybridized carbons (Fsp3) is 0.429. The predicted octanol–water partition coefficient (Wildman–Crippen LogP) is 1.52. The van der Waals surface area contributed by atoms with Crippen molar-refractivity contribution in [2.24, 2.45) is 10.7 Å². The van der Waals surface area contributed by atoms with Gasteiger partial charge in [0.25, 0.3) is 0 Å². The van der Waals surface area contributed by atoms with E-state index in [0.717, 1.165) is 31.3 Å². The lowest BCUT2D eigenvalue weighted by atomic mass is 10.3. The lowest BCUT2D eigenvalue weighted by Crippen LogP contribution is -2.51. The number of rotatable bonds is 4. The van der Waals surface area contributed by atoms with Gasteiger partial charge in [-0.05, 0) is 12.1 Å². The zero-order valence-electron chi connectivity index (χ0n) is 12.5. The number of thiazole rings is 1. The monoisotopic (exact) mass is 449 g/mol. The van der Waals surface area contributed by atoms with Crippen molar-refractivity contribution in [2.75, 3.05) is 37.6 Å². The number of halogens is 1. The quantitative estimate of drug-likeness (QED) is 0.418. The molecule has 1 unspecified atom stereocenters. The number of aliphatic imine (C=N–C) groups is 1. The molecule has 23 heavy (non-hydrogen) atoms. The summed E-state index contributed by atoms with van der Waals surface area (Å²) in [5, 5.41) is 13.0. The molecule has 1 saturated heterocycles. The first kappa shape index (κ1) is 18.0. The van der Waals surface area contributed by atoms with Crippen molar-refractivity contribution in [3.8, 4) is 0 Å². The number of aromatic nitrogens is 1. The van der Waals surface area contributed by atoms with Crippen LogP contribution in [0.4, 0.5) is 5.13 Å². The first-order valence-electron chi connectivity index (χ1n) is 7.15. The minimum atomic E-state index is -0.759. The minimum absolute atomic E-state index is 0. The van der Waals surface area contributed by atoms with Gasteiger partial charge < -0.3 is 25.1 Å². The van der Waals surface area contributed by atoms with Gasteiger partial charge in [-0.1, -0.05) is 0 Å². The van der Waals surface area contributed by atoms with Gasteiger partial charge in [-0.2, -0.15) is 0 Å². The van der Waals surface area contributed by atoms with Crippen LogP contribution in [0.1, 0.15) is 11.9 Å². The average Bonchev–Trinajstić information content (AvgIpc) is 3.25. The SMILES string of the molecule is I.NC(=NCC(O)c1ccco1)N1CCN(c2nccs2)CC1. The van der Waals surface area contributed by atoms with Gasteiger partial charge in [0.2, 0.25) is 0 Å². The largest absolute Gasteiger partial charge is 0.467 e. The van der Waals surface area contributed by atoms with Crippen LogP contribution in [0.3, 0.4) is 0 Å². The van der Waals surface area contributed by atoms with E-state index in [9.17, 15) is 5.11 Å². The Balaban J connectivity index is 0.00000192. The van der Waals surface area contributed by atoms with E-state index in [0.29, 0.717) is 11.7 Å². The standard InChI is InChI=1S/C14H19N5O2S.HI/c15-13(17-10-11(20)12-2-1-8-21-12)18-4-6-19(7-5-18)14-16-3-9-22-14;/h1-3,8-9,11,20H,4-7,10H2,(H2,15,17);1H. The molecule has 0 amide bonds. The maximum atomic E-state index is 9.93. The third kappa shape index (κ3) is 4.58. The topological polar surface area (TPSA) is 91.1 Å². The highest BCUT2D eigenvalue weighted by Crippen LogP contribution is 2.19. The van der Waals surface area contributed by atoms with Crippen LogP contribution in [0.5, 0.6) is 0 Å². The lowest BCUT2D eigenvalue weighted by Gasteiger charge is -2.35. The Bertz CT molecular complexity index is 597. The second-order valence-electron chi connectivity index (χ2n) is 5.02. The molecule has 9 heteroatoms. The number of hydrogen-bond donors (Lipinski definition) is 2. The molecule has 0 aliphatic carbocycles.